The van der Waals surface area contributed by atoms with Gasteiger partial charge in [0.25, 0.3) is 0 Å². The zero-order valence-corrected chi connectivity index (χ0v) is 45.0. The molecule has 0 amide bonds. The molecule has 0 aromatic carbocycles. The summed E-state index contributed by atoms with van der Waals surface area (Å²) in [6.45, 7) is 0. The van der Waals surface area contributed by atoms with Gasteiger partial charge < -0.3 is 52.1 Å². The first kappa shape index (κ1) is 101. The summed E-state index contributed by atoms with van der Waals surface area (Å²) in [5, 5.41) is 0. The predicted octanol–water partition coefficient (Wildman–Crippen LogP) is -20.2. The molecule has 337 valence electrons. The molecule has 0 aliphatic rings. The van der Waals surface area contributed by atoms with Gasteiger partial charge in [0.1, 0.15) is 0 Å². The Morgan fingerprint density at radius 3 is 0.396 bits per heavy atom. The Kier molecular flexibility index (Phi) is 81.1. The maximum atomic E-state index is 9.42. The maximum Gasteiger partial charge on any atom is 0 e. The largest absolute Gasteiger partial charge is 0 e. The van der Waals surface area contributed by atoms with Gasteiger partial charge in [-0.05, 0) is 0 Å². The average molecular weight is 1660 g/mol. The predicted molar refractivity (Wildman–Crippen MR) is 47.5 cm³/mol. The SMILES string of the molecule is O.O.O.O.O.O.O=P([O-])([O-])[O-].[O]=[Mo](=[O])([O-])[O][Mo](=[O])(=[O])[O-].[O]=[Mo](=[O])([O-])[O][Mo](=[O])(=[O])[O-].[O]=[Mo](=[O])([O-])[O][Mo](=[O])(=[O])[O-].[O]=[Mo](=[O])([O-])[O][Mo](=[O])(=[O])[O-].[O]=[V][OH].[V].[V].[V]. The van der Waals surface area contributed by atoms with E-state index in [1.165, 1.54) is 0 Å². The van der Waals surface area contributed by atoms with Crippen molar-refractivity contribution in [2.24, 2.45) is 0 Å². The molecule has 0 atom stereocenters. The monoisotopic (exact) mass is 1670 g/mol. The fraction of sp³-hybridized carbons (Fsp3) is 0. The third-order valence-corrected chi connectivity index (χ3v) is 23.3. The zero-order valence-electron chi connectivity index (χ0n) is 22.4. The Bertz CT molecular complexity index is 1410. The number of rotatable bonds is 8. The van der Waals surface area contributed by atoms with E-state index >= 15 is 0 Å². The van der Waals surface area contributed by atoms with Gasteiger partial charge >= 0.3 is 251 Å². The molecule has 53 heteroatoms. The van der Waals surface area contributed by atoms with Crippen LogP contribution in [0.4, 0.5) is 0 Å². The first-order valence-electron chi connectivity index (χ1n) is 6.45. The van der Waals surface area contributed by atoms with E-state index < -0.39 is 158 Å². The summed E-state index contributed by atoms with van der Waals surface area (Å²) < 4.78 is 261. The van der Waals surface area contributed by atoms with Crippen LogP contribution >= 0.6 is 7.82 Å². The Hall–Kier alpha value is 3.79. The molecule has 0 spiro atoms. The van der Waals surface area contributed by atoms with Crippen molar-refractivity contribution in [1.82, 2.24) is 0 Å². The fourth-order valence-electron chi connectivity index (χ4n) is 0.408. The molecule has 0 rings (SSSR count). The third kappa shape index (κ3) is 209. The van der Waals surface area contributed by atoms with Gasteiger partial charge in [0, 0.05) is 55.7 Å². The van der Waals surface area contributed by atoms with E-state index in [2.05, 4.69) is 8.17 Å². The van der Waals surface area contributed by atoms with E-state index in [1.807, 2.05) is 0 Å². The van der Waals surface area contributed by atoms with Gasteiger partial charge in [0.2, 0.25) is 0 Å². The van der Waals surface area contributed by atoms with Crippen LogP contribution in [0.1, 0.15) is 0 Å². The zero-order chi connectivity index (χ0) is 38.0. The van der Waals surface area contributed by atoms with E-state index in [0.29, 0.717) is 0 Å². The van der Waals surface area contributed by atoms with Gasteiger partial charge in [-0.15, -0.1) is 0 Å². The molecular formula is H13Mo8O40PV4-11. The van der Waals surface area contributed by atoms with E-state index in [9.17, 15) is 84.4 Å². The van der Waals surface area contributed by atoms with Crippen LogP contribution in [-0.2, 0) is 277 Å². The molecule has 53 heavy (non-hydrogen) atoms. The standard InChI is InChI=1S/8Mo.H3O4P.7H2O.29O.4V/c;;;;;;;;1-5(2,3)4;;;;;;;;;;;;;;;;;;;;;;;;;;;;;;;;;;;;;;;;/h;;;;;;;;(H3,1,2,3,4);7*1H2;;;;;;;;;;;;;;;;;;;;;;;;;;;;;;;;;/q;;;;;;;;;;;;;;;;;;;;;;;;;;;;;;;;;;;;;8*-1;;;;+1/p-4. The molecule has 0 aromatic heterocycles. The summed E-state index contributed by atoms with van der Waals surface area (Å²) >= 11 is -52.5. The van der Waals surface area contributed by atoms with E-state index in [4.69, 9.17) is 27.0 Å². The van der Waals surface area contributed by atoms with Crippen LogP contribution in [0.5, 0.6) is 0 Å². The normalized spacial score (nSPS) is 10.6. The van der Waals surface area contributed by atoms with Crippen LogP contribution < -0.4 is 44.8 Å². The van der Waals surface area contributed by atoms with Crippen molar-refractivity contribution in [2.45, 2.75) is 0 Å². The summed E-state index contributed by atoms with van der Waals surface area (Å²) in [6.07, 6.45) is 0. The summed E-state index contributed by atoms with van der Waals surface area (Å²) in [5.41, 5.74) is 0. The molecule has 0 unspecified atom stereocenters. The van der Waals surface area contributed by atoms with Crippen LogP contribution in [0.25, 0.3) is 0 Å². The summed E-state index contributed by atoms with van der Waals surface area (Å²) in [6, 6.07) is 0. The van der Waals surface area contributed by atoms with E-state index in [0.717, 1.165) is 0 Å². The van der Waals surface area contributed by atoms with Gasteiger partial charge in [0.15, 0.2) is 0 Å². The molecule has 40 nitrogen and oxygen atoms in total. The quantitative estimate of drug-likeness (QED) is 0.174. The summed E-state index contributed by atoms with van der Waals surface area (Å²) in [7, 11) is -5.39. The van der Waals surface area contributed by atoms with Gasteiger partial charge in [-0.3, -0.25) is 0 Å². The smallest absolute Gasteiger partial charge is 0 e. The third-order valence-electron chi connectivity index (χ3n) is 0.667. The number of hydrogen-bond acceptors (Lipinski definition) is 33. The van der Waals surface area contributed by atoms with Gasteiger partial charge in [-0.1, -0.05) is 0 Å². The summed E-state index contributed by atoms with van der Waals surface area (Å²) in [5.74, 6) is 0. The Morgan fingerprint density at radius 2 is 0.396 bits per heavy atom. The minimum atomic E-state index is -6.37. The maximum absolute atomic E-state index is 9.42. The second-order valence-corrected chi connectivity index (χ2v) is 30.5. The van der Waals surface area contributed by atoms with Gasteiger partial charge in [-0.25, -0.2) is 0 Å². The van der Waals surface area contributed by atoms with E-state index in [1.54, 1.807) is 0 Å². The van der Waals surface area contributed by atoms with Crippen LogP contribution in [0.3, 0.4) is 0 Å². The molecule has 0 aliphatic heterocycles. The summed E-state index contributed by atoms with van der Waals surface area (Å²) in [4.78, 5) is 25.6. The second-order valence-electron chi connectivity index (χ2n) is 4.07. The van der Waals surface area contributed by atoms with Crippen LogP contribution in [-0.4, -0.2) is 36.9 Å². The second kappa shape index (κ2) is 42.5. The molecule has 13 N–H and O–H groups in total. The van der Waals surface area contributed by atoms with Crippen molar-refractivity contribution in [2.75, 3.05) is 0 Å². The Morgan fingerprint density at radius 1 is 0.358 bits per heavy atom. The van der Waals surface area contributed by atoms with Crippen molar-refractivity contribution < 1.29 is 359 Å². The van der Waals surface area contributed by atoms with E-state index in [-0.39, 0.29) is 88.5 Å². The number of phosphoric acid groups is 1. The molecule has 0 aliphatic carbocycles. The topological polar surface area (TPSA) is 807 Å². The molecule has 0 saturated heterocycles. The molecule has 0 bridgehead atoms. The van der Waals surface area contributed by atoms with Crippen LogP contribution in [0.15, 0.2) is 0 Å². The van der Waals surface area contributed by atoms with Crippen molar-refractivity contribution in [3.05, 3.63) is 0 Å². The molecule has 0 saturated carbocycles. The Balaban J connectivity index is -0.0000000249. The van der Waals surface area contributed by atoms with Gasteiger partial charge in [-0.2, -0.15) is 7.82 Å². The first-order chi connectivity index (χ1) is 18.2. The molecule has 0 aromatic rings. The first-order valence-corrected chi connectivity index (χ1v) is 35.3. The van der Waals surface area contributed by atoms with Crippen molar-refractivity contribution in [1.29, 1.82) is 0 Å². The molecule has 3 radical (unpaired) electrons. The van der Waals surface area contributed by atoms with Crippen LogP contribution in [0.2, 0.25) is 0 Å². The molecule has 0 fully saturated rings. The van der Waals surface area contributed by atoms with Gasteiger partial charge in [0.05, 0.1) is 0 Å². The number of hydrogen-bond donors (Lipinski definition) is 1. The van der Waals surface area contributed by atoms with Crippen molar-refractivity contribution in [3.63, 3.8) is 0 Å². The Labute approximate surface area is 360 Å². The van der Waals surface area contributed by atoms with Crippen LogP contribution in [0, 0.1) is 0 Å². The van der Waals surface area contributed by atoms with Crippen molar-refractivity contribution in [3.8, 4) is 0 Å². The van der Waals surface area contributed by atoms with Crippen molar-refractivity contribution >= 4 is 7.82 Å². The average Bonchev–Trinajstić information content (AvgIpc) is 2.39. The minimum absolute atomic E-state index is 0. The molecular weight excluding hydrogens is 1640 g/mol. The molecule has 0 heterocycles. The minimum Gasteiger partial charge on any atom is 0 e. The fourth-order valence-corrected chi connectivity index (χ4v) is 14.3.